The average Bonchev–Trinajstić information content (AvgIpc) is 2.82. The monoisotopic (exact) mass is 297 g/mol. The van der Waals surface area contributed by atoms with Gasteiger partial charge in [-0.3, -0.25) is 4.79 Å². The summed E-state index contributed by atoms with van der Waals surface area (Å²) in [7, 11) is 2.15. The lowest BCUT2D eigenvalue weighted by atomic mass is 9.93. The molecule has 1 aliphatic heterocycles. The van der Waals surface area contributed by atoms with Gasteiger partial charge in [0.1, 0.15) is 5.01 Å². The molecule has 3 N–H and O–H groups in total. The van der Waals surface area contributed by atoms with E-state index in [1.54, 1.807) is 0 Å². The number of hydrogen-bond donors (Lipinski definition) is 2. The van der Waals surface area contributed by atoms with Crippen molar-refractivity contribution in [3.63, 3.8) is 0 Å². The van der Waals surface area contributed by atoms with Gasteiger partial charge in [-0.15, -0.1) is 10.2 Å². The molecule has 2 rings (SSSR count). The number of aromatic nitrogens is 2. The summed E-state index contributed by atoms with van der Waals surface area (Å²) >= 11 is 1.37. The normalized spacial score (nSPS) is 19.9. The zero-order chi connectivity index (χ0) is 14.4. The Hall–Kier alpha value is -1.21. The molecule has 1 atom stereocenters. The van der Waals surface area contributed by atoms with Crippen molar-refractivity contribution in [1.29, 1.82) is 0 Å². The van der Waals surface area contributed by atoms with E-state index in [-0.39, 0.29) is 5.91 Å². The molecule has 0 spiro atoms. The van der Waals surface area contributed by atoms with E-state index in [1.165, 1.54) is 30.7 Å². The van der Waals surface area contributed by atoms with Crippen LogP contribution < -0.4 is 11.1 Å². The van der Waals surface area contributed by atoms with Crippen LogP contribution in [0.2, 0.25) is 0 Å². The molecule has 0 radical (unpaired) electrons. The Kier molecular flexibility index (Phi) is 5.72. The zero-order valence-corrected chi connectivity index (χ0v) is 12.8. The Morgan fingerprint density at radius 1 is 1.55 bits per heavy atom. The maximum Gasteiger partial charge on any atom is 0.220 e. The van der Waals surface area contributed by atoms with E-state index in [2.05, 4.69) is 27.5 Å². The smallest absolute Gasteiger partial charge is 0.220 e. The first-order valence-electron chi connectivity index (χ1n) is 7.16. The van der Waals surface area contributed by atoms with Crippen LogP contribution in [0.15, 0.2) is 0 Å². The van der Waals surface area contributed by atoms with Crippen molar-refractivity contribution in [3.05, 3.63) is 5.01 Å². The van der Waals surface area contributed by atoms with Crippen LogP contribution in [0.5, 0.6) is 0 Å². The second-order valence-electron chi connectivity index (χ2n) is 5.44. The van der Waals surface area contributed by atoms with Gasteiger partial charge in [-0.2, -0.15) is 0 Å². The topological polar surface area (TPSA) is 84.1 Å². The molecule has 0 aromatic carbocycles. The Labute approximate surface area is 123 Å². The average molecular weight is 297 g/mol. The molecule has 1 saturated heterocycles. The SMILES string of the molecule is CN1CCCC(CCC(=O)NCCc2nnc(N)s2)C1. The molecule has 1 aromatic rings. The molecule has 1 aromatic heterocycles. The number of rotatable bonds is 6. The Balaban J connectivity index is 1.58. The highest BCUT2D eigenvalue weighted by molar-refractivity contribution is 7.15. The lowest BCUT2D eigenvalue weighted by molar-refractivity contribution is -0.121. The predicted octanol–water partition coefficient (Wildman–Crippen LogP) is 0.901. The molecule has 1 fully saturated rings. The second-order valence-corrected chi connectivity index (χ2v) is 6.54. The summed E-state index contributed by atoms with van der Waals surface area (Å²) in [5.74, 6) is 0.804. The van der Waals surface area contributed by atoms with E-state index < -0.39 is 0 Å². The molecular weight excluding hydrogens is 274 g/mol. The molecule has 6 nitrogen and oxygen atoms in total. The quantitative estimate of drug-likeness (QED) is 0.815. The standard InChI is InChI=1S/C13H23N5OS/c1-18-8-2-3-10(9-18)4-5-11(19)15-7-6-12-16-17-13(14)20-12/h10H,2-9H2,1H3,(H2,14,17)(H,15,19). The van der Waals surface area contributed by atoms with Crippen molar-refractivity contribution >= 4 is 22.4 Å². The minimum atomic E-state index is 0.135. The molecule has 1 unspecified atom stereocenters. The van der Waals surface area contributed by atoms with E-state index in [9.17, 15) is 4.79 Å². The van der Waals surface area contributed by atoms with Crippen molar-refractivity contribution in [1.82, 2.24) is 20.4 Å². The first-order chi connectivity index (χ1) is 9.63. The third kappa shape index (κ3) is 5.05. The Morgan fingerprint density at radius 2 is 2.40 bits per heavy atom. The minimum Gasteiger partial charge on any atom is -0.374 e. The van der Waals surface area contributed by atoms with Crippen LogP contribution in [-0.4, -0.2) is 47.7 Å². The van der Waals surface area contributed by atoms with Crippen molar-refractivity contribution < 1.29 is 4.79 Å². The highest BCUT2D eigenvalue weighted by atomic mass is 32.1. The maximum absolute atomic E-state index is 11.8. The van der Waals surface area contributed by atoms with Gasteiger partial charge in [-0.25, -0.2) is 0 Å². The van der Waals surface area contributed by atoms with Crippen LogP contribution in [0.3, 0.4) is 0 Å². The van der Waals surface area contributed by atoms with Crippen LogP contribution in [0.1, 0.15) is 30.7 Å². The highest BCUT2D eigenvalue weighted by Crippen LogP contribution is 2.19. The molecule has 0 aliphatic carbocycles. The van der Waals surface area contributed by atoms with Crippen molar-refractivity contribution in [2.75, 3.05) is 32.4 Å². The van der Waals surface area contributed by atoms with Gasteiger partial charge in [-0.05, 0) is 38.8 Å². The summed E-state index contributed by atoms with van der Waals surface area (Å²) in [6.45, 7) is 2.92. The Bertz CT molecular complexity index is 436. The molecule has 20 heavy (non-hydrogen) atoms. The molecule has 7 heteroatoms. The summed E-state index contributed by atoms with van der Waals surface area (Å²) < 4.78 is 0. The van der Waals surface area contributed by atoms with Gasteiger partial charge in [0.15, 0.2) is 0 Å². The number of anilines is 1. The third-order valence-corrected chi connectivity index (χ3v) is 4.46. The fraction of sp³-hybridized carbons (Fsp3) is 0.769. The van der Waals surface area contributed by atoms with Crippen LogP contribution in [-0.2, 0) is 11.2 Å². The summed E-state index contributed by atoms with van der Waals surface area (Å²) in [6, 6.07) is 0. The number of likely N-dealkylation sites (tertiary alicyclic amines) is 1. The fourth-order valence-corrected chi connectivity index (χ4v) is 3.22. The first kappa shape index (κ1) is 15.2. The number of hydrogen-bond acceptors (Lipinski definition) is 6. The predicted molar refractivity (Wildman–Crippen MR) is 80.5 cm³/mol. The molecule has 1 aliphatic rings. The van der Waals surface area contributed by atoms with E-state index in [4.69, 9.17) is 5.73 Å². The highest BCUT2D eigenvalue weighted by Gasteiger charge is 2.17. The second kappa shape index (κ2) is 7.54. The van der Waals surface area contributed by atoms with Crippen LogP contribution in [0.4, 0.5) is 5.13 Å². The minimum absolute atomic E-state index is 0.135. The number of nitrogens with zero attached hydrogens (tertiary/aromatic N) is 3. The van der Waals surface area contributed by atoms with Gasteiger partial charge >= 0.3 is 0 Å². The first-order valence-corrected chi connectivity index (χ1v) is 7.98. The largest absolute Gasteiger partial charge is 0.374 e. The van der Waals surface area contributed by atoms with E-state index in [0.717, 1.165) is 18.0 Å². The number of amides is 1. The summed E-state index contributed by atoms with van der Waals surface area (Å²) in [6.07, 6.45) is 4.81. The van der Waals surface area contributed by atoms with Gasteiger partial charge in [0.05, 0.1) is 0 Å². The van der Waals surface area contributed by atoms with Gasteiger partial charge in [-0.1, -0.05) is 11.3 Å². The van der Waals surface area contributed by atoms with Crippen LogP contribution in [0, 0.1) is 5.92 Å². The summed E-state index contributed by atoms with van der Waals surface area (Å²) in [5.41, 5.74) is 5.51. The summed E-state index contributed by atoms with van der Waals surface area (Å²) in [4.78, 5) is 14.1. The number of nitrogens with one attached hydrogen (secondary N) is 1. The molecular formula is C13H23N5OS. The van der Waals surface area contributed by atoms with Gasteiger partial charge in [0.2, 0.25) is 11.0 Å². The molecule has 2 heterocycles. The number of nitrogen functional groups attached to an aromatic ring is 1. The van der Waals surface area contributed by atoms with E-state index in [0.29, 0.717) is 30.4 Å². The van der Waals surface area contributed by atoms with Crippen LogP contribution >= 0.6 is 11.3 Å². The fourth-order valence-electron chi connectivity index (χ4n) is 2.61. The third-order valence-electron chi connectivity index (χ3n) is 3.65. The van der Waals surface area contributed by atoms with Crippen molar-refractivity contribution in [2.24, 2.45) is 5.92 Å². The van der Waals surface area contributed by atoms with Crippen molar-refractivity contribution in [3.8, 4) is 0 Å². The number of nitrogens with two attached hydrogens (primary N) is 1. The molecule has 1 amide bonds. The van der Waals surface area contributed by atoms with Gasteiger partial charge in [0, 0.05) is 25.9 Å². The lowest BCUT2D eigenvalue weighted by Crippen LogP contribution is -2.33. The zero-order valence-electron chi connectivity index (χ0n) is 12.0. The molecule has 0 bridgehead atoms. The Morgan fingerprint density at radius 3 is 3.10 bits per heavy atom. The number of piperidine rings is 1. The van der Waals surface area contributed by atoms with Gasteiger partial charge in [0.25, 0.3) is 0 Å². The van der Waals surface area contributed by atoms with Gasteiger partial charge < -0.3 is 16.0 Å². The number of carbonyl (C=O) groups is 1. The van der Waals surface area contributed by atoms with Crippen molar-refractivity contribution in [2.45, 2.75) is 32.1 Å². The lowest BCUT2D eigenvalue weighted by Gasteiger charge is -2.29. The maximum atomic E-state index is 11.8. The molecule has 112 valence electrons. The summed E-state index contributed by atoms with van der Waals surface area (Å²) in [5, 5.41) is 12.0. The number of carbonyl (C=O) groups excluding carboxylic acids is 1. The van der Waals surface area contributed by atoms with Crippen LogP contribution in [0.25, 0.3) is 0 Å². The molecule has 0 saturated carbocycles. The van der Waals surface area contributed by atoms with E-state index in [1.807, 2.05) is 0 Å². The van der Waals surface area contributed by atoms with E-state index >= 15 is 0 Å².